The van der Waals surface area contributed by atoms with E-state index in [0.29, 0.717) is 37.4 Å². The fourth-order valence-corrected chi connectivity index (χ4v) is 7.59. The van der Waals surface area contributed by atoms with Crippen molar-refractivity contribution in [2.75, 3.05) is 27.2 Å². The Labute approximate surface area is 242 Å². The van der Waals surface area contributed by atoms with Crippen molar-refractivity contribution in [3.8, 4) is 11.3 Å². The molecule has 2 aliphatic heterocycles. The van der Waals surface area contributed by atoms with Gasteiger partial charge in [-0.05, 0) is 73.9 Å². The van der Waals surface area contributed by atoms with Crippen LogP contribution in [0.5, 0.6) is 0 Å². The van der Waals surface area contributed by atoms with E-state index in [9.17, 15) is 18.0 Å². The molecule has 3 aromatic rings. The number of amides is 2. The first-order valence-corrected chi connectivity index (χ1v) is 16.1. The number of likely N-dealkylation sites (N-methyl/N-ethyl adjacent to an activating group) is 1. The quantitative estimate of drug-likeness (QED) is 0.432. The number of nitrogens with one attached hydrogen (secondary N) is 1. The van der Waals surface area contributed by atoms with Crippen LogP contribution in [0.25, 0.3) is 28.2 Å². The van der Waals surface area contributed by atoms with E-state index >= 15 is 0 Å². The average Bonchev–Trinajstić information content (AvgIpc) is 3.18. The van der Waals surface area contributed by atoms with E-state index in [1.165, 1.54) is 31.9 Å². The summed E-state index contributed by atoms with van der Waals surface area (Å²) in [6.45, 7) is 3.22. The molecule has 216 valence electrons. The zero-order valence-corrected chi connectivity index (χ0v) is 24.9. The Morgan fingerprint density at radius 1 is 0.902 bits per heavy atom. The van der Waals surface area contributed by atoms with E-state index in [-0.39, 0.29) is 18.0 Å². The minimum atomic E-state index is -4.01. The van der Waals surface area contributed by atoms with Crippen LogP contribution in [0.4, 0.5) is 0 Å². The standard InChI is InChI=1S/C32H38N4O4S/c1-21-11-12-23-18-25-20-36-28-19-24(31(37)33-41(39,40)35(3)16-8-7-15-34(2)32(25)38)13-14-26(28)29(30(36)27(23)17-21)22-9-5-4-6-10-22/h11-14,17-19,22H,4-10,15-16,20H2,1-3H3,(H,33,37). The zero-order chi connectivity index (χ0) is 28.9. The van der Waals surface area contributed by atoms with Gasteiger partial charge in [-0.3, -0.25) is 9.59 Å². The third-order valence-electron chi connectivity index (χ3n) is 8.97. The number of benzene rings is 2. The summed E-state index contributed by atoms with van der Waals surface area (Å²) in [5, 5.41) is 1.07. The first-order valence-electron chi connectivity index (χ1n) is 14.7. The van der Waals surface area contributed by atoms with Crippen LogP contribution in [-0.4, -0.2) is 61.2 Å². The van der Waals surface area contributed by atoms with Crippen molar-refractivity contribution in [1.82, 2.24) is 18.5 Å². The molecule has 4 bridgehead atoms. The molecule has 41 heavy (non-hydrogen) atoms. The maximum absolute atomic E-state index is 13.9. The van der Waals surface area contributed by atoms with Crippen LogP contribution in [0.15, 0.2) is 42.0 Å². The van der Waals surface area contributed by atoms with Gasteiger partial charge in [0.2, 0.25) is 0 Å². The lowest BCUT2D eigenvalue weighted by molar-refractivity contribution is -0.126. The Kier molecular flexibility index (Phi) is 7.28. The molecule has 1 aliphatic carbocycles. The van der Waals surface area contributed by atoms with Crippen LogP contribution in [0.2, 0.25) is 0 Å². The smallest absolute Gasteiger partial charge is 0.303 e. The van der Waals surface area contributed by atoms with E-state index in [1.807, 2.05) is 19.2 Å². The topological polar surface area (TPSA) is 91.7 Å². The van der Waals surface area contributed by atoms with Crippen LogP contribution in [0, 0.1) is 6.92 Å². The van der Waals surface area contributed by atoms with Crippen molar-refractivity contribution >= 4 is 39.0 Å². The largest absolute Gasteiger partial charge is 0.342 e. The van der Waals surface area contributed by atoms with E-state index in [1.54, 1.807) is 17.0 Å². The predicted octanol–water partition coefficient (Wildman–Crippen LogP) is 5.22. The molecule has 0 spiro atoms. The summed E-state index contributed by atoms with van der Waals surface area (Å²) in [7, 11) is -0.726. The lowest BCUT2D eigenvalue weighted by atomic mass is 9.81. The first kappa shape index (κ1) is 27.7. The summed E-state index contributed by atoms with van der Waals surface area (Å²) >= 11 is 0. The molecule has 0 radical (unpaired) electrons. The lowest BCUT2D eigenvalue weighted by Gasteiger charge is -2.24. The fraction of sp³-hybridized carbons (Fsp3) is 0.438. The molecule has 6 rings (SSSR count). The monoisotopic (exact) mass is 574 g/mol. The Hall–Kier alpha value is -3.43. The molecule has 9 heteroatoms. The summed E-state index contributed by atoms with van der Waals surface area (Å²) < 4.78 is 31.5. The zero-order valence-electron chi connectivity index (χ0n) is 24.1. The normalized spacial score (nSPS) is 20.7. The van der Waals surface area contributed by atoms with Gasteiger partial charge >= 0.3 is 10.2 Å². The SMILES string of the molecule is Cc1ccc2c(c1)-c1c(C3CCCCC3)c3ccc4cc3n1CC(=C2)C(=O)N(C)CCCCN(C)S(=O)(=O)NC4=O. The van der Waals surface area contributed by atoms with E-state index < -0.39 is 16.1 Å². The van der Waals surface area contributed by atoms with Crippen LogP contribution in [0.1, 0.15) is 77.9 Å². The molecule has 0 unspecified atom stereocenters. The Bertz CT molecular complexity index is 1680. The van der Waals surface area contributed by atoms with Gasteiger partial charge in [-0.15, -0.1) is 0 Å². The Morgan fingerprint density at radius 2 is 1.66 bits per heavy atom. The summed E-state index contributed by atoms with van der Waals surface area (Å²) in [6, 6.07) is 11.9. The van der Waals surface area contributed by atoms with Gasteiger partial charge in [0.1, 0.15) is 0 Å². The molecule has 1 saturated carbocycles. The summed E-state index contributed by atoms with van der Waals surface area (Å²) in [4.78, 5) is 28.9. The molecule has 0 atom stereocenters. The molecule has 3 aliphatic rings. The third kappa shape index (κ3) is 5.10. The number of rotatable bonds is 1. The van der Waals surface area contributed by atoms with Crippen molar-refractivity contribution in [2.45, 2.75) is 64.3 Å². The number of hydrogen-bond acceptors (Lipinski definition) is 4. The summed E-state index contributed by atoms with van der Waals surface area (Å²) in [6.07, 6.45) is 9.03. The van der Waals surface area contributed by atoms with Gasteiger partial charge in [0.05, 0.1) is 12.2 Å². The number of fused-ring (bicyclic) bond motifs is 4. The maximum Gasteiger partial charge on any atom is 0.303 e. The van der Waals surface area contributed by atoms with Gasteiger partial charge in [-0.2, -0.15) is 12.7 Å². The fourth-order valence-electron chi connectivity index (χ4n) is 6.72. The van der Waals surface area contributed by atoms with Crippen LogP contribution in [-0.2, 0) is 21.5 Å². The van der Waals surface area contributed by atoms with E-state index in [4.69, 9.17) is 0 Å². The maximum atomic E-state index is 13.9. The highest BCUT2D eigenvalue weighted by atomic mass is 32.2. The molecular weight excluding hydrogens is 536 g/mol. The van der Waals surface area contributed by atoms with Gasteiger partial charge in [0.25, 0.3) is 11.8 Å². The highest BCUT2D eigenvalue weighted by molar-refractivity contribution is 7.87. The van der Waals surface area contributed by atoms with Gasteiger partial charge in [-0.25, -0.2) is 4.72 Å². The van der Waals surface area contributed by atoms with Gasteiger partial charge < -0.3 is 9.47 Å². The van der Waals surface area contributed by atoms with E-state index in [2.05, 4.69) is 34.4 Å². The molecular formula is C32H38N4O4S. The highest BCUT2D eigenvalue weighted by Gasteiger charge is 2.31. The lowest BCUT2D eigenvalue weighted by Crippen LogP contribution is -2.42. The number of aromatic nitrogens is 1. The molecule has 0 saturated heterocycles. The Balaban J connectivity index is 1.63. The second-order valence-electron chi connectivity index (χ2n) is 11.9. The van der Waals surface area contributed by atoms with Crippen molar-refractivity contribution in [3.63, 3.8) is 0 Å². The van der Waals surface area contributed by atoms with Gasteiger partial charge in [-0.1, -0.05) is 43.0 Å². The number of carbonyl (C=O) groups is 2. The third-order valence-corrected chi connectivity index (χ3v) is 10.4. The number of carbonyl (C=O) groups excluding carboxylic acids is 2. The van der Waals surface area contributed by atoms with Gasteiger partial charge in [0, 0.05) is 54.8 Å². The second-order valence-corrected chi connectivity index (χ2v) is 13.6. The predicted molar refractivity (Wildman–Crippen MR) is 162 cm³/mol. The molecule has 1 aromatic heterocycles. The van der Waals surface area contributed by atoms with E-state index in [0.717, 1.165) is 50.4 Å². The van der Waals surface area contributed by atoms with Crippen molar-refractivity contribution in [2.24, 2.45) is 0 Å². The summed E-state index contributed by atoms with van der Waals surface area (Å²) in [5.41, 5.74) is 7.47. The molecule has 2 amide bonds. The minimum absolute atomic E-state index is 0.0348. The molecule has 1 N–H and O–H groups in total. The minimum Gasteiger partial charge on any atom is -0.342 e. The first-order chi connectivity index (χ1) is 19.6. The number of aryl methyl sites for hydroxylation is 1. The van der Waals surface area contributed by atoms with Crippen molar-refractivity contribution in [3.05, 3.63) is 64.2 Å². The molecule has 3 heterocycles. The molecule has 8 nitrogen and oxygen atoms in total. The molecule has 1 fully saturated rings. The number of hydrogen-bond donors (Lipinski definition) is 1. The van der Waals surface area contributed by atoms with Crippen LogP contribution in [0.3, 0.4) is 0 Å². The van der Waals surface area contributed by atoms with Crippen LogP contribution < -0.4 is 4.72 Å². The molecule has 2 aromatic carbocycles. The van der Waals surface area contributed by atoms with Crippen molar-refractivity contribution < 1.29 is 18.0 Å². The Morgan fingerprint density at radius 3 is 2.44 bits per heavy atom. The van der Waals surface area contributed by atoms with Crippen LogP contribution >= 0.6 is 0 Å². The number of nitrogens with zero attached hydrogens (tertiary/aromatic N) is 3. The van der Waals surface area contributed by atoms with Crippen molar-refractivity contribution in [1.29, 1.82) is 0 Å². The van der Waals surface area contributed by atoms with Gasteiger partial charge in [0.15, 0.2) is 0 Å². The second kappa shape index (κ2) is 10.8. The average molecular weight is 575 g/mol. The highest BCUT2D eigenvalue weighted by Crippen LogP contribution is 2.46. The summed E-state index contributed by atoms with van der Waals surface area (Å²) in [5.74, 6) is -0.317.